The number of hydrogen-bond donors (Lipinski definition) is 3. The molecular formula is C19H23N3O4S. The van der Waals surface area contributed by atoms with Gasteiger partial charge in [0.05, 0.1) is 4.90 Å². The molecule has 1 aliphatic heterocycles. The van der Waals surface area contributed by atoms with Crippen molar-refractivity contribution in [1.29, 1.82) is 0 Å². The lowest BCUT2D eigenvalue weighted by Gasteiger charge is -2.34. The third-order valence-corrected chi connectivity index (χ3v) is 6.06. The summed E-state index contributed by atoms with van der Waals surface area (Å²) >= 11 is 0. The number of sulfonamides is 1. The van der Waals surface area contributed by atoms with E-state index in [0.717, 1.165) is 0 Å². The molecule has 2 aromatic rings. The number of anilines is 2. The molecule has 8 heteroatoms. The SMILES string of the molecule is COC1(C(=O)Nc2ccc(S(=O)(=O)Nc3ccccc3)cc2)CCNCC1. The molecule has 7 nitrogen and oxygen atoms in total. The smallest absolute Gasteiger partial charge is 0.261 e. The molecular weight excluding hydrogens is 366 g/mol. The largest absolute Gasteiger partial charge is 0.368 e. The Morgan fingerprint density at radius 1 is 1.00 bits per heavy atom. The first-order valence-electron chi connectivity index (χ1n) is 8.70. The van der Waals surface area contributed by atoms with Gasteiger partial charge in [-0.05, 0) is 62.3 Å². The Labute approximate surface area is 159 Å². The summed E-state index contributed by atoms with van der Waals surface area (Å²) in [7, 11) is -2.15. The van der Waals surface area contributed by atoms with Crippen LogP contribution in [0.5, 0.6) is 0 Å². The quantitative estimate of drug-likeness (QED) is 0.704. The number of rotatable bonds is 6. The number of amides is 1. The number of nitrogens with one attached hydrogen (secondary N) is 3. The molecule has 0 aliphatic carbocycles. The third-order valence-electron chi connectivity index (χ3n) is 4.66. The topological polar surface area (TPSA) is 96.5 Å². The summed E-state index contributed by atoms with van der Waals surface area (Å²) in [6.45, 7) is 1.42. The lowest BCUT2D eigenvalue weighted by atomic mass is 9.91. The van der Waals surface area contributed by atoms with Crippen molar-refractivity contribution >= 4 is 27.3 Å². The number of piperidine rings is 1. The number of carbonyl (C=O) groups is 1. The molecule has 1 heterocycles. The molecule has 1 fully saturated rings. The molecule has 0 radical (unpaired) electrons. The third kappa shape index (κ3) is 4.47. The zero-order valence-electron chi connectivity index (χ0n) is 15.1. The number of benzene rings is 2. The van der Waals surface area contributed by atoms with Gasteiger partial charge in [0.15, 0.2) is 0 Å². The second kappa shape index (κ2) is 8.08. The van der Waals surface area contributed by atoms with Crippen molar-refractivity contribution in [3.05, 3.63) is 54.6 Å². The highest BCUT2D eigenvalue weighted by Gasteiger charge is 2.39. The van der Waals surface area contributed by atoms with Gasteiger partial charge in [0.2, 0.25) is 0 Å². The maximum atomic E-state index is 12.6. The lowest BCUT2D eigenvalue weighted by Crippen LogP contribution is -2.51. The first kappa shape index (κ1) is 19.3. The van der Waals surface area contributed by atoms with E-state index in [-0.39, 0.29) is 10.8 Å². The molecule has 1 aliphatic rings. The highest BCUT2D eigenvalue weighted by atomic mass is 32.2. The molecule has 1 amide bonds. The average molecular weight is 389 g/mol. The van der Waals surface area contributed by atoms with Crippen LogP contribution in [0.3, 0.4) is 0 Å². The summed E-state index contributed by atoms with van der Waals surface area (Å²) in [5.41, 5.74) is 0.154. The summed E-state index contributed by atoms with van der Waals surface area (Å²) < 4.78 is 32.9. The maximum Gasteiger partial charge on any atom is 0.261 e. The van der Waals surface area contributed by atoms with Crippen molar-refractivity contribution in [2.24, 2.45) is 0 Å². The fourth-order valence-electron chi connectivity index (χ4n) is 3.04. The van der Waals surface area contributed by atoms with E-state index in [2.05, 4.69) is 15.4 Å². The van der Waals surface area contributed by atoms with E-state index in [1.807, 2.05) is 6.07 Å². The Morgan fingerprint density at radius 3 is 2.22 bits per heavy atom. The highest BCUT2D eigenvalue weighted by molar-refractivity contribution is 7.92. The standard InChI is InChI=1S/C19H23N3O4S/c1-26-19(11-13-20-14-12-19)18(23)21-15-7-9-17(10-8-15)27(24,25)22-16-5-3-2-4-6-16/h2-10,20,22H,11-14H2,1H3,(H,21,23). The van der Waals surface area contributed by atoms with E-state index in [0.29, 0.717) is 37.3 Å². The van der Waals surface area contributed by atoms with E-state index in [4.69, 9.17) is 4.74 Å². The fraction of sp³-hybridized carbons (Fsp3) is 0.316. The average Bonchev–Trinajstić information content (AvgIpc) is 2.69. The van der Waals surface area contributed by atoms with Gasteiger partial charge in [-0.15, -0.1) is 0 Å². The van der Waals surface area contributed by atoms with Crippen LogP contribution in [0.2, 0.25) is 0 Å². The predicted octanol–water partition coefficient (Wildman–Crippen LogP) is 2.19. The van der Waals surface area contributed by atoms with Gasteiger partial charge < -0.3 is 15.4 Å². The van der Waals surface area contributed by atoms with Gasteiger partial charge in [0.25, 0.3) is 15.9 Å². The van der Waals surface area contributed by atoms with Gasteiger partial charge >= 0.3 is 0 Å². The molecule has 1 saturated heterocycles. The molecule has 144 valence electrons. The van der Waals surface area contributed by atoms with Crippen LogP contribution in [-0.4, -0.2) is 40.1 Å². The first-order chi connectivity index (χ1) is 13.0. The predicted molar refractivity (Wildman–Crippen MR) is 104 cm³/mol. The van der Waals surface area contributed by atoms with Crippen molar-refractivity contribution in [3.8, 4) is 0 Å². The van der Waals surface area contributed by atoms with Crippen LogP contribution in [0, 0.1) is 0 Å². The van der Waals surface area contributed by atoms with Crippen molar-refractivity contribution in [3.63, 3.8) is 0 Å². The highest BCUT2D eigenvalue weighted by Crippen LogP contribution is 2.25. The molecule has 0 saturated carbocycles. The second-order valence-electron chi connectivity index (χ2n) is 6.40. The molecule has 0 bridgehead atoms. The summed E-state index contributed by atoms with van der Waals surface area (Å²) in [6, 6.07) is 14.7. The van der Waals surface area contributed by atoms with Crippen molar-refractivity contribution < 1.29 is 17.9 Å². The molecule has 0 unspecified atom stereocenters. The molecule has 0 aromatic heterocycles. The Hall–Kier alpha value is -2.42. The molecule has 2 aromatic carbocycles. The Morgan fingerprint density at radius 2 is 1.63 bits per heavy atom. The second-order valence-corrected chi connectivity index (χ2v) is 8.08. The van der Waals surface area contributed by atoms with Gasteiger partial charge in [0.1, 0.15) is 5.60 Å². The maximum absolute atomic E-state index is 12.6. The Balaban J connectivity index is 1.70. The van der Waals surface area contributed by atoms with E-state index < -0.39 is 15.6 Å². The fourth-order valence-corrected chi connectivity index (χ4v) is 4.10. The monoisotopic (exact) mass is 389 g/mol. The van der Waals surface area contributed by atoms with Gasteiger partial charge in [-0.3, -0.25) is 9.52 Å². The minimum atomic E-state index is -3.69. The van der Waals surface area contributed by atoms with Crippen LogP contribution in [0.1, 0.15) is 12.8 Å². The van der Waals surface area contributed by atoms with Gasteiger partial charge in [-0.1, -0.05) is 18.2 Å². The van der Waals surface area contributed by atoms with Crippen molar-refractivity contribution in [1.82, 2.24) is 5.32 Å². The zero-order valence-corrected chi connectivity index (χ0v) is 15.9. The number of hydrogen-bond acceptors (Lipinski definition) is 5. The van der Waals surface area contributed by atoms with Gasteiger partial charge in [-0.25, -0.2) is 8.42 Å². The number of para-hydroxylation sites is 1. The van der Waals surface area contributed by atoms with Gasteiger partial charge in [0, 0.05) is 18.5 Å². The molecule has 0 spiro atoms. The van der Waals surface area contributed by atoms with E-state index in [1.54, 1.807) is 36.4 Å². The molecule has 3 rings (SSSR count). The number of methoxy groups -OCH3 is 1. The van der Waals surface area contributed by atoms with Crippen LogP contribution in [0.15, 0.2) is 59.5 Å². The van der Waals surface area contributed by atoms with Crippen molar-refractivity contribution in [2.45, 2.75) is 23.3 Å². The normalized spacial score (nSPS) is 16.5. The number of carbonyl (C=O) groups excluding carboxylic acids is 1. The minimum Gasteiger partial charge on any atom is -0.368 e. The van der Waals surface area contributed by atoms with Gasteiger partial charge in [-0.2, -0.15) is 0 Å². The molecule has 27 heavy (non-hydrogen) atoms. The van der Waals surface area contributed by atoms with Crippen LogP contribution < -0.4 is 15.4 Å². The van der Waals surface area contributed by atoms with Crippen LogP contribution in [0.25, 0.3) is 0 Å². The van der Waals surface area contributed by atoms with Crippen LogP contribution in [-0.2, 0) is 19.6 Å². The lowest BCUT2D eigenvalue weighted by molar-refractivity contribution is -0.140. The van der Waals surface area contributed by atoms with Crippen molar-refractivity contribution in [2.75, 3.05) is 30.2 Å². The Bertz CT molecular complexity index is 877. The number of ether oxygens (including phenoxy) is 1. The summed E-state index contributed by atoms with van der Waals surface area (Å²) in [5, 5.41) is 6.03. The summed E-state index contributed by atoms with van der Waals surface area (Å²) in [6.07, 6.45) is 1.17. The van der Waals surface area contributed by atoms with E-state index >= 15 is 0 Å². The van der Waals surface area contributed by atoms with Crippen LogP contribution in [0.4, 0.5) is 11.4 Å². The zero-order chi connectivity index (χ0) is 19.3. The minimum absolute atomic E-state index is 0.118. The first-order valence-corrected chi connectivity index (χ1v) is 10.2. The summed E-state index contributed by atoms with van der Waals surface area (Å²) in [4.78, 5) is 12.8. The van der Waals surface area contributed by atoms with E-state index in [1.165, 1.54) is 19.2 Å². The molecule has 0 atom stereocenters. The Kier molecular flexibility index (Phi) is 5.79. The summed E-state index contributed by atoms with van der Waals surface area (Å²) in [5.74, 6) is -0.218. The molecule has 3 N–H and O–H groups in total. The van der Waals surface area contributed by atoms with E-state index in [9.17, 15) is 13.2 Å². The van der Waals surface area contributed by atoms with Crippen LogP contribution >= 0.6 is 0 Å².